The first-order valence-electron chi connectivity index (χ1n) is 5.37. The molecule has 0 saturated carbocycles. The van der Waals surface area contributed by atoms with Crippen LogP contribution in [-0.4, -0.2) is 16.3 Å². The summed E-state index contributed by atoms with van der Waals surface area (Å²) in [5.41, 5.74) is 6.29. The Labute approximate surface area is 98.8 Å². The SMILES string of the molecule is Cc1c(Oc2ccccc2F)cnn1CCN. The van der Waals surface area contributed by atoms with Crippen molar-refractivity contribution in [2.75, 3.05) is 6.54 Å². The van der Waals surface area contributed by atoms with E-state index in [1.807, 2.05) is 6.92 Å². The van der Waals surface area contributed by atoms with Crippen LogP contribution in [0.15, 0.2) is 30.5 Å². The van der Waals surface area contributed by atoms with E-state index < -0.39 is 5.82 Å². The highest BCUT2D eigenvalue weighted by Crippen LogP contribution is 2.26. The summed E-state index contributed by atoms with van der Waals surface area (Å²) >= 11 is 0. The molecule has 0 saturated heterocycles. The topological polar surface area (TPSA) is 53.1 Å². The van der Waals surface area contributed by atoms with Crippen molar-refractivity contribution in [3.05, 3.63) is 42.0 Å². The second-order valence-corrected chi connectivity index (χ2v) is 3.64. The first-order valence-corrected chi connectivity index (χ1v) is 5.37. The molecule has 2 aromatic rings. The van der Waals surface area contributed by atoms with Gasteiger partial charge in [-0.15, -0.1) is 0 Å². The fourth-order valence-electron chi connectivity index (χ4n) is 1.52. The number of aromatic nitrogens is 2. The highest BCUT2D eigenvalue weighted by molar-refractivity contribution is 5.33. The van der Waals surface area contributed by atoms with E-state index in [4.69, 9.17) is 10.5 Å². The molecular weight excluding hydrogens is 221 g/mol. The molecule has 1 heterocycles. The number of nitrogens with two attached hydrogens (primary N) is 1. The Morgan fingerprint density at radius 1 is 1.35 bits per heavy atom. The molecule has 2 N–H and O–H groups in total. The maximum Gasteiger partial charge on any atom is 0.168 e. The van der Waals surface area contributed by atoms with Crippen molar-refractivity contribution in [1.82, 2.24) is 9.78 Å². The van der Waals surface area contributed by atoms with E-state index in [9.17, 15) is 4.39 Å². The number of hydrogen-bond acceptors (Lipinski definition) is 3. The molecule has 1 aromatic heterocycles. The van der Waals surface area contributed by atoms with E-state index in [1.54, 1.807) is 29.1 Å². The third-order valence-electron chi connectivity index (χ3n) is 2.46. The Morgan fingerprint density at radius 3 is 2.82 bits per heavy atom. The van der Waals surface area contributed by atoms with Gasteiger partial charge in [0.15, 0.2) is 17.3 Å². The second kappa shape index (κ2) is 4.97. The van der Waals surface area contributed by atoms with E-state index in [1.165, 1.54) is 6.07 Å². The highest BCUT2D eigenvalue weighted by Gasteiger charge is 2.10. The number of rotatable bonds is 4. The molecule has 0 fully saturated rings. The van der Waals surface area contributed by atoms with Crippen LogP contribution in [0.4, 0.5) is 4.39 Å². The van der Waals surface area contributed by atoms with E-state index in [2.05, 4.69) is 5.10 Å². The molecule has 4 nitrogen and oxygen atoms in total. The zero-order valence-electron chi connectivity index (χ0n) is 9.56. The van der Waals surface area contributed by atoms with E-state index in [0.29, 0.717) is 18.8 Å². The molecule has 5 heteroatoms. The summed E-state index contributed by atoms with van der Waals surface area (Å²) in [5.74, 6) is 0.352. The minimum absolute atomic E-state index is 0.197. The molecule has 0 bridgehead atoms. The lowest BCUT2D eigenvalue weighted by Crippen LogP contribution is -2.12. The summed E-state index contributed by atoms with van der Waals surface area (Å²) in [5, 5.41) is 4.12. The number of para-hydroxylation sites is 1. The number of benzene rings is 1. The van der Waals surface area contributed by atoms with Crippen molar-refractivity contribution in [2.45, 2.75) is 13.5 Å². The summed E-state index contributed by atoms with van der Waals surface area (Å²) in [6.45, 7) is 2.98. The fourth-order valence-corrected chi connectivity index (χ4v) is 1.52. The fraction of sp³-hybridized carbons (Fsp3) is 0.250. The van der Waals surface area contributed by atoms with Gasteiger partial charge in [0.05, 0.1) is 18.4 Å². The summed E-state index contributed by atoms with van der Waals surface area (Å²) in [6.07, 6.45) is 1.57. The standard InChI is InChI=1S/C12H14FN3O/c1-9-12(8-15-16(9)7-6-14)17-11-5-3-2-4-10(11)13/h2-5,8H,6-7,14H2,1H3. The van der Waals surface area contributed by atoms with Gasteiger partial charge in [0, 0.05) is 6.54 Å². The smallest absolute Gasteiger partial charge is 0.168 e. The van der Waals surface area contributed by atoms with Crippen LogP contribution >= 0.6 is 0 Å². The van der Waals surface area contributed by atoms with Crippen molar-refractivity contribution in [3.8, 4) is 11.5 Å². The van der Waals surface area contributed by atoms with Gasteiger partial charge in [0.25, 0.3) is 0 Å². The van der Waals surface area contributed by atoms with Gasteiger partial charge >= 0.3 is 0 Å². The normalized spacial score (nSPS) is 10.5. The Kier molecular flexibility index (Phi) is 3.39. The third-order valence-corrected chi connectivity index (χ3v) is 2.46. The minimum atomic E-state index is -0.390. The third kappa shape index (κ3) is 2.45. The lowest BCUT2D eigenvalue weighted by Gasteiger charge is -2.06. The summed E-state index contributed by atoms with van der Waals surface area (Å²) in [7, 11) is 0. The maximum absolute atomic E-state index is 13.4. The molecule has 0 atom stereocenters. The van der Waals surface area contributed by atoms with Crippen LogP contribution in [-0.2, 0) is 6.54 Å². The van der Waals surface area contributed by atoms with Crippen molar-refractivity contribution in [3.63, 3.8) is 0 Å². The lowest BCUT2D eigenvalue weighted by atomic mass is 10.3. The monoisotopic (exact) mass is 235 g/mol. The molecule has 0 aliphatic carbocycles. The van der Waals surface area contributed by atoms with Crippen molar-refractivity contribution >= 4 is 0 Å². The first-order chi connectivity index (χ1) is 8.22. The van der Waals surface area contributed by atoms with Crippen molar-refractivity contribution in [1.29, 1.82) is 0 Å². The Hall–Kier alpha value is -1.88. The minimum Gasteiger partial charge on any atom is -0.451 e. The van der Waals surface area contributed by atoms with Gasteiger partial charge in [-0.1, -0.05) is 12.1 Å². The number of halogens is 1. The van der Waals surface area contributed by atoms with Crippen LogP contribution in [0, 0.1) is 12.7 Å². The first kappa shape index (κ1) is 11.6. The second-order valence-electron chi connectivity index (χ2n) is 3.64. The molecule has 0 spiro atoms. The predicted molar refractivity (Wildman–Crippen MR) is 62.5 cm³/mol. The molecule has 90 valence electrons. The van der Waals surface area contributed by atoms with Crippen LogP contribution < -0.4 is 10.5 Å². The quantitative estimate of drug-likeness (QED) is 0.882. The van der Waals surface area contributed by atoms with Gasteiger partial charge in [-0.3, -0.25) is 4.68 Å². The van der Waals surface area contributed by atoms with E-state index >= 15 is 0 Å². The highest BCUT2D eigenvalue weighted by atomic mass is 19.1. The Balaban J connectivity index is 2.22. The Morgan fingerprint density at radius 2 is 2.12 bits per heavy atom. The summed E-state index contributed by atoms with van der Waals surface area (Å²) in [4.78, 5) is 0. The number of ether oxygens (including phenoxy) is 1. The Bertz CT molecular complexity index is 510. The molecule has 0 radical (unpaired) electrons. The molecule has 1 aromatic carbocycles. The van der Waals surface area contributed by atoms with Gasteiger partial charge in [-0.05, 0) is 19.1 Å². The van der Waals surface area contributed by atoms with Gasteiger partial charge in [-0.25, -0.2) is 4.39 Å². The average Bonchev–Trinajstić information content (AvgIpc) is 2.65. The lowest BCUT2D eigenvalue weighted by molar-refractivity contribution is 0.437. The van der Waals surface area contributed by atoms with Crippen LogP contribution in [0.1, 0.15) is 5.69 Å². The van der Waals surface area contributed by atoms with Gasteiger partial charge < -0.3 is 10.5 Å². The molecule has 0 amide bonds. The molecule has 17 heavy (non-hydrogen) atoms. The largest absolute Gasteiger partial charge is 0.451 e. The maximum atomic E-state index is 13.4. The average molecular weight is 235 g/mol. The molecule has 0 aliphatic heterocycles. The van der Waals surface area contributed by atoms with Gasteiger partial charge in [0.2, 0.25) is 0 Å². The number of hydrogen-bond donors (Lipinski definition) is 1. The predicted octanol–water partition coefficient (Wildman–Crippen LogP) is 2.08. The van der Waals surface area contributed by atoms with Crippen LogP contribution in [0.3, 0.4) is 0 Å². The van der Waals surface area contributed by atoms with E-state index in [-0.39, 0.29) is 5.75 Å². The molecule has 0 unspecified atom stereocenters. The van der Waals surface area contributed by atoms with Crippen LogP contribution in [0.2, 0.25) is 0 Å². The van der Waals surface area contributed by atoms with Crippen LogP contribution in [0.25, 0.3) is 0 Å². The van der Waals surface area contributed by atoms with Crippen LogP contribution in [0.5, 0.6) is 11.5 Å². The van der Waals surface area contributed by atoms with E-state index in [0.717, 1.165) is 5.69 Å². The zero-order valence-corrected chi connectivity index (χ0v) is 9.56. The van der Waals surface area contributed by atoms with Crippen molar-refractivity contribution in [2.24, 2.45) is 5.73 Å². The van der Waals surface area contributed by atoms with Gasteiger partial charge in [0.1, 0.15) is 0 Å². The number of nitrogens with zero attached hydrogens (tertiary/aromatic N) is 2. The van der Waals surface area contributed by atoms with Crippen molar-refractivity contribution < 1.29 is 9.13 Å². The zero-order chi connectivity index (χ0) is 12.3. The molecular formula is C12H14FN3O. The van der Waals surface area contributed by atoms with Gasteiger partial charge in [-0.2, -0.15) is 5.10 Å². The molecule has 0 aliphatic rings. The molecule has 2 rings (SSSR count). The summed E-state index contributed by atoms with van der Waals surface area (Å²) < 4.78 is 20.6. The summed E-state index contributed by atoms with van der Waals surface area (Å²) in [6, 6.07) is 6.27.